The van der Waals surface area contributed by atoms with E-state index in [-0.39, 0.29) is 29.8 Å². The molecule has 0 aliphatic heterocycles. The first kappa shape index (κ1) is 28.5. The van der Waals surface area contributed by atoms with E-state index in [1.807, 2.05) is 0 Å². The molecule has 2 aromatic rings. The van der Waals surface area contributed by atoms with Gasteiger partial charge in [0.2, 0.25) is 5.92 Å². The van der Waals surface area contributed by atoms with Crippen LogP contribution in [0.15, 0.2) is 36.8 Å². The molecule has 14 heteroatoms. The summed E-state index contributed by atoms with van der Waals surface area (Å²) in [5.41, 5.74) is -4.65. The molecule has 202 valence electrons. The van der Waals surface area contributed by atoms with Gasteiger partial charge < -0.3 is 10.1 Å². The Hall–Kier alpha value is -3.09. The predicted molar refractivity (Wildman–Crippen MR) is 121 cm³/mol. The van der Waals surface area contributed by atoms with Crippen LogP contribution in [-0.2, 0) is 15.1 Å². The summed E-state index contributed by atoms with van der Waals surface area (Å²) in [5, 5.41) is 2.65. The third-order valence-corrected chi connectivity index (χ3v) is 6.30. The number of carbonyl (C=O) groups excluding carboxylic acids is 2. The molecule has 1 fully saturated rings. The number of amides is 2. The number of halogens is 7. The number of ether oxygens (including phenoxy) is 1. The smallest absolute Gasteiger partial charge is 0.406 e. The van der Waals surface area contributed by atoms with Gasteiger partial charge in [-0.3, -0.25) is 14.5 Å². The average Bonchev–Trinajstić information content (AvgIpc) is 2.80. The molecule has 1 heterocycles. The lowest BCUT2D eigenvalue weighted by Gasteiger charge is -2.42. The minimum Gasteiger partial charge on any atom is -0.406 e. The van der Waals surface area contributed by atoms with E-state index in [0.29, 0.717) is 4.90 Å². The first-order chi connectivity index (χ1) is 17.1. The molecule has 0 bridgehead atoms. The van der Waals surface area contributed by atoms with Crippen LogP contribution in [0.25, 0.3) is 0 Å². The first-order valence-electron chi connectivity index (χ1n) is 11.1. The number of rotatable bonds is 7. The maximum Gasteiger partial charge on any atom is 0.573 e. The molecule has 3 rings (SSSR count). The molecule has 1 aromatic carbocycles. The molecule has 7 nitrogen and oxygen atoms in total. The number of nitrogens with zero attached hydrogens (tertiary/aromatic N) is 3. The molecule has 37 heavy (non-hydrogen) atoms. The summed E-state index contributed by atoms with van der Waals surface area (Å²) in [6.45, 7) is 2.75. The van der Waals surface area contributed by atoms with E-state index in [9.17, 15) is 35.9 Å². The van der Waals surface area contributed by atoms with Crippen LogP contribution in [0.1, 0.15) is 43.9 Å². The van der Waals surface area contributed by atoms with Crippen molar-refractivity contribution in [1.29, 1.82) is 0 Å². The minimum absolute atomic E-state index is 0.0439. The average molecular weight is 553 g/mol. The van der Waals surface area contributed by atoms with Crippen molar-refractivity contribution < 1.29 is 40.7 Å². The third-order valence-electron chi connectivity index (χ3n) is 6.11. The van der Waals surface area contributed by atoms with Crippen molar-refractivity contribution >= 4 is 29.1 Å². The van der Waals surface area contributed by atoms with Gasteiger partial charge in [-0.15, -0.1) is 13.2 Å². The molecule has 0 spiro atoms. The number of alkyl halides is 7. The van der Waals surface area contributed by atoms with Gasteiger partial charge in [0.05, 0.1) is 0 Å². The van der Waals surface area contributed by atoms with E-state index in [1.165, 1.54) is 26.4 Å². The summed E-state index contributed by atoms with van der Waals surface area (Å²) in [5.74, 6) is -5.76. The van der Waals surface area contributed by atoms with Crippen LogP contribution in [-0.4, -0.2) is 45.7 Å². The van der Waals surface area contributed by atoms with Crippen LogP contribution < -0.4 is 15.0 Å². The number of nitrogens with one attached hydrogen (secondary N) is 1. The van der Waals surface area contributed by atoms with E-state index in [4.69, 9.17) is 11.6 Å². The lowest BCUT2D eigenvalue weighted by Crippen LogP contribution is -2.60. The summed E-state index contributed by atoms with van der Waals surface area (Å²) in [7, 11) is 0. The van der Waals surface area contributed by atoms with Crippen LogP contribution in [0.4, 0.5) is 32.0 Å². The van der Waals surface area contributed by atoms with E-state index >= 15 is 0 Å². The zero-order chi connectivity index (χ0) is 27.6. The van der Waals surface area contributed by atoms with Crippen molar-refractivity contribution in [2.24, 2.45) is 0 Å². The molecule has 1 saturated carbocycles. The molecule has 0 radical (unpaired) electrons. The van der Waals surface area contributed by atoms with Crippen molar-refractivity contribution in [1.82, 2.24) is 15.3 Å². The van der Waals surface area contributed by atoms with E-state index in [2.05, 4.69) is 20.0 Å². The molecule has 1 aliphatic carbocycles. The molecule has 1 aromatic heterocycles. The summed E-state index contributed by atoms with van der Waals surface area (Å²) in [6.07, 6.45) is -3.59. The highest BCUT2D eigenvalue weighted by atomic mass is 35.5. The van der Waals surface area contributed by atoms with Gasteiger partial charge in [0.1, 0.15) is 12.1 Å². The Morgan fingerprint density at radius 1 is 1.19 bits per heavy atom. The Kier molecular flexibility index (Phi) is 8.25. The molecular formula is C23H23ClF6N4O3. The van der Waals surface area contributed by atoms with Gasteiger partial charge >= 0.3 is 6.36 Å². The number of benzene rings is 1. The molecule has 1 N–H and O–H groups in total. The lowest BCUT2D eigenvalue weighted by molar-refractivity contribution is -0.274. The lowest BCUT2D eigenvalue weighted by atomic mass is 9.86. The summed E-state index contributed by atoms with van der Waals surface area (Å²) < 4.78 is 83.1. The van der Waals surface area contributed by atoms with Crippen LogP contribution >= 0.6 is 11.6 Å². The molecule has 2 amide bonds. The van der Waals surface area contributed by atoms with E-state index < -0.39 is 59.9 Å². The summed E-state index contributed by atoms with van der Waals surface area (Å²) in [4.78, 5) is 35.4. The quantitative estimate of drug-likeness (QED) is 0.379. The van der Waals surface area contributed by atoms with E-state index in [0.717, 1.165) is 24.3 Å². The van der Waals surface area contributed by atoms with Crippen molar-refractivity contribution in [2.45, 2.75) is 69.0 Å². The number of anilines is 1. The Labute approximate surface area is 213 Å². The zero-order valence-electron chi connectivity index (χ0n) is 19.7. The van der Waals surface area contributed by atoms with Crippen molar-refractivity contribution in [2.75, 3.05) is 4.90 Å². The number of carbonyl (C=O) groups is 2. The van der Waals surface area contributed by atoms with Crippen LogP contribution in [0.5, 0.6) is 5.75 Å². The molecular weight excluding hydrogens is 530 g/mol. The number of aromatic nitrogens is 2. The second kappa shape index (κ2) is 10.7. The largest absolute Gasteiger partial charge is 0.573 e. The maximum absolute atomic E-state index is 14.2. The van der Waals surface area contributed by atoms with Crippen molar-refractivity contribution in [3.63, 3.8) is 0 Å². The van der Waals surface area contributed by atoms with Crippen LogP contribution in [0.2, 0.25) is 0 Å². The van der Waals surface area contributed by atoms with Gasteiger partial charge in [0.15, 0.2) is 5.54 Å². The Balaban J connectivity index is 2.09. The van der Waals surface area contributed by atoms with Gasteiger partial charge in [0.25, 0.3) is 17.4 Å². The fraction of sp³-hybridized carbons (Fsp3) is 0.478. The SMILES string of the molecule is Cc1ncncc1[C@@](C)(C(=O)NC1CCC(F)(F)CC1)N(C(=O)[C@H](F)Cl)c1ccc(OC(F)(F)F)cc1. The fourth-order valence-corrected chi connectivity index (χ4v) is 4.32. The predicted octanol–water partition coefficient (Wildman–Crippen LogP) is 5.16. The number of hydrogen-bond donors (Lipinski definition) is 1. The van der Waals surface area contributed by atoms with Crippen LogP contribution in [0, 0.1) is 6.92 Å². The highest BCUT2D eigenvalue weighted by Gasteiger charge is 2.49. The van der Waals surface area contributed by atoms with Gasteiger partial charge in [-0.2, -0.15) is 0 Å². The summed E-state index contributed by atoms with van der Waals surface area (Å²) in [6, 6.07) is 3.11. The minimum atomic E-state index is -4.99. The number of hydrogen-bond acceptors (Lipinski definition) is 5. The van der Waals surface area contributed by atoms with Gasteiger partial charge in [-0.05, 0) is 51.0 Å². The highest BCUT2D eigenvalue weighted by molar-refractivity contribution is 6.32. The highest BCUT2D eigenvalue weighted by Crippen LogP contribution is 2.38. The Morgan fingerprint density at radius 2 is 1.78 bits per heavy atom. The molecule has 0 saturated heterocycles. The maximum atomic E-state index is 14.2. The van der Waals surface area contributed by atoms with E-state index in [1.54, 1.807) is 0 Å². The standard InChI is InChI=1S/C23H23ClF6N4O3/c1-13-17(11-31-12-32-13)21(2,20(36)33-14-7-9-22(26,27)10-8-14)34(19(35)18(24)25)15-3-5-16(6-4-15)37-23(28,29)30/h3-6,11-12,14,18H,7-10H2,1-2H3,(H,33,36)/t18-,21-/m0/s1. The van der Waals surface area contributed by atoms with Crippen molar-refractivity contribution in [3.8, 4) is 5.75 Å². The zero-order valence-corrected chi connectivity index (χ0v) is 20.4. The molecule has 2 atom stereocenters. The number of aryl methyl sites for hydroxylation is 1. The van der Waals surface area contributed by atoms with Gasteiger partial charge in [-0.25, -0.2) is 23.1 Å². The first-order valence-corrected chi connectivity index (χ1v) is 11.5. The topological polar surface area (TPSA) is 84.4 Å². The molecule has 1 aliphatic rings. The second-order valence-corrected chi connectivity index (χ2v) is 9.10. The Bertz CT molecular complexity index is 1120. The Morgan fingerprint density at radius 3 is 2.30 bits per heavy atom. The normalized spacial score (nSPS) is 18.4. The molecule has 0 unspecified atom stereocenters. The fourth-order valence-electron chi connectivity index (χ4n) is 4.22. The van der Waals surface area contributed by atoms with Crippen LogP contribution in [0.3, 0.4) is 0 Å². The van der Waals surface area contributed by atoms with Gasteiger partial charge in [0, 0.05) is 42.0 Å². The summed E-state index contributed by atoms with van der Waals surface area (Å²) >= 11 is 5.47. The third kappa shape index (κ3) is 6.62. The van der Waals surface area contributed by atoms with Crippen molar-refractivity contribution in [3.05, 3.63) is 48.0 Å². The second-order valence-electron chi connectivity index (χ2n) is 8.71. The monoisotopic (exact) mass is 552 g/mol. The van der Waals surface area contributed by atoms with Gasteiger partial charge in [-0.1, -0.05) is 11.6 Å².